The fourth-order valence-corrected chi connectivity index (χ4v) is 5.82. The van der Waals surface area contributed by atoms with E-state index in [9.17, 15) is 9.59 Å². The van der Waals surface area contributed by atoms with Crippen LogP contribution in [0.15, 0.2) is 17.1 Å². The molecule has 2 heterocycles. The van der Waals surface area contributed by atoms with Gasteiger partial charge in [-0.05, 0) is 63.8 Å². The highest BCUT2D eigenvalue weighted by Gasteiger charge is 2.58. The maximum atomic E-state index is 12.7. The van der Waals surface area contributed by atoms with E-state index in [0.29, 0.717) is 25.0 Å². The number of carbonyl (C=O) groups is 2. The fourth-order valence-electron chi connectivity index (χ4n) is 5.82. The average Bonchev–Trinajstić information content (AvgIpc) is 3.42. The van der Waals surface area contributed by atoms with E-state index in [1.54, 1.807) is 7.05 Å². The molecule has 7 heteroatoms. The molecule has 0 aromatic heterocycles. The van der Waals surface area contributed by atoms with Gasteiger partial charge in [0, 0.05) is 39.3 Å². The molecule has 0 aromatic rings. The molecule has 0 aromatic carbocycles. The van der Waals surface area contributed by atoms with Crippen LogP contribution >= 0.6 is 0 Å². The SMILES string of the molecule is CN=C(NCCCN1C(=O)C2C3C=CC(C3)C2C1=O)NCC1CCCN(C(C)C)C1. The van der Waals surface area contributed by atoms with Crippen LogP contribution in [-0.4, -0.2) is 73.4 Å². The molecular formula is C23H37N5O2. The molecule has 2 bridgehead atoms. The second kappa shape index (κ2) is 9.08. The van der Waals surface area contributed by atoms with Crippen LogP contribution < -0.4 is 10.6 Å². The third kappa shape index (κ3) is 4.13. The lowest BCUT2D eigenvalue weighted by atomic mass is 9.85. The quantitative estimate of drug-likeness (QED) is 0.216. The Morgan fingerprint density at radius 3 is 2.50 bits per heavy atom. The van der Waals surface area contributed by atoms with Crippen LogP contribution in [0.1, 0.15) is 39.5 Å². The fraction of sp³-hybridized carbons (Fsp3) is 0.783. The summed E-state index contributed by atoms with van der Waals surface area (Å²) in [6, 6.07) is 0.603. The number of rotatable bonds is 7. The summed E-state index contributed by atoms with van der Waals surface area (Å²) >= 11 is 0. The number of nitrogens with one attached hydrogen (secondary N) is 2. The summed E-state index contributed by atoms with van der Waals surface area (Å²) in [7, 11) is 1.79. The molecule has 5 unspecified atom stereocenters. The van der Waals surface area contributed by atoms with Crippen molar-refractivity contribution in [1.29, 1.82) is 0 Å². The van der Waals surface area contributed by atoms with E-state index in [-0.39, 0.29) is 35.5 Å². The summed E-state index contributed by atoms with van der Waals surface area (Å²) in [5, 5.41) is 6.79. The average molecular weight is 416 g/mol. The van der Waals surface area contributed by atoms with Gasteiger partial charge in [-0.25, -0.2) is 0 Å². The minimum atomic E-state index is -0.0872. The van der Waals surface area contributed by atoms with Gasteiger partial charge in [-0.15, -0.1) is 0 Å². The van der Waals surface area contributed by atoms with Gasteiger partial charge in [0.25, 0.3) is 0 Å². The highest BCUT2D eigenvalue weighted by atomic mass is 16.2. The van der Waals surface area contributed by atoms with Crippen LogP contribution in [0.25, 0.3) is 0 Å². The van der Waals surface area contributed by atoms with Gasteiger partial charge in [0.2, 0.25) is 11.8 Å². The molecular weight excluding hydrogens is 378 g/mol. The Balaban J connectivity index is 1.17. The van der Waals surface area contributed by atoms with Crippen LogP contribution in [-0.2, 0) is 9.59 Å². The number of fused-ring (bicyclic) bond motifs is 5. The first-order chi connectivity index (χ1) is 14.5. The smallest absolute Gasteiger partial charge is 0.233 e. The molecule has 0 spiro atoms. The van der Waals surface area contributed by atoms with Gasteiger partial charge in [0.1, 0.15) is 0 Å². The number of nitrogens with zero attached hydrogens (tertiary/aromatic N) is 3. The summed E-state index contributed by atoms with van der Waals surface area (Å²) in [5.41, 5.74) is 0. The van der Waals surface area contributed by atoms with Crippen LogP contribution in [0.5, 0.6) is 0 Å². The minimum Gasteiger partial charge on any atom is -0.356 e. The number of amides is 2. The summed E-state index contributed by atoms with van der Waals surface area (Å²) in [6.45, 7) is 8.99. The van der Waals surface area contributed by atoms with Crippen LogP contribution in [0, 0.1) is 29.6 Å². The van der Waals surface area contributed by atoms with Crippen molar-refractivity contribution in [2.45, 2.75) is 45.6 Å². The molecule has 2 aliphatic heterocycles. The lowest BCUT2D eigenvalue weighted by Crippen LogP contribution is -2.46. The highest BCUT2D eigenvalue weighted by molar-refractivity contribution is 6.06. The van der Waals surface area contributed by atoms with Crippen LogP contribution in [0.2, 0.25) is 0 Å². The summed E-state index contributed by atoms with van der Waals surface area (Å²) in [4.78, 5) is 33.9. The summed E-state index contributed by atoms with van der Waals surface area (Å²) in [6.07, 6.45) is 8.53. The Labute approximate surface area is 180 Å². The van der Waals surface area contributed by atoms with Crippen molar-refractivity contribution in [1.82, 2.24) is 20.4 Å². The van der Waals surface area contributed by atoms with Crippen molar-refractivity contribution in [3.63, 3.8) is 0 Å². The third-order valence-corrected chi connectivity index (χ3v) is 7.48. The standard InChI is InChI=1S/C23H37N5O2/c1-15(2)27-10-4-6-16(14-27)13-26-23(24-3)25-9-5-11-28-21(29)19-17-7-8-18(12-17)20(19)22(28)30/h7-8,15-20H,4-6,9-14H2,1-3H3,(H2,24,25,26). The zero-order chi connectivity index (χ0) is 21.3. The maximum absolute atomic E-state index is 12.7. The molecule has 2 amide bonds. The molecule has 30 heavy (non-hydrogen) atoms. The zero-order valence-corrected chi connectivity index (χ0v) is 18.6. The van der Waals surface area contributed by atoms with Gasteiger partial charge in [0.15, 0.2) is 5.96 Å². The molecule has 7 nitrogen and oxygen atoms in total. The predicted octanol–water partition coefficient (Wildman–Crippen LogP) is 1.47. The van der Waals surface area contributed by atoms with E-state index < -0.39 is 0 Å². The molecule has 3 fully saturated rings. The largest absolute Gasteiger partial charge is 0.356 e. The number of hydrogen-bond donors (Lipinski definition) is 2. The van der Waals surface area contributed by atoms with E-state index in [1.807, 2.05) is 0 Å². The Morgan fingerprint density at radius 1 is 1.17 bits per heavy atom. The second-order valence-corrected chi connectivity index (χ2v) is 9.66. The Bertz CT molecular complexity index is 688. The van der Waals surface area contributed by atoms with Gasteiger partial charge in [-0.2, -0.15) is 0 Å². The summed E-state index contributed by atoms with van der Waals surface area (Å²) < 4.78 is 0. The van der Waals surface area contributed by atoms with Crippen molar-refractivity contribution < 1.29 is 9.59 Å². The lowest BCUT2D eigenvalue weighted by molar-refractivity contribution is -0.140. The topological polar surface area (TPSA) is 77.0 Å². The molecule has 166 valence electrons. The molecule has 2 N–H and O–H groups in total. The zero-order valence-electron chi connectivity index (χ0n) is 18.6. The third-order valence-electron chi connectivity index (χ3n) is 7.48. The Hall–Kier alpha value is -1.89. The number of allylic oxidation sites excluding steroid dienone is 2. The number of imide groups is 1. The molecule has 2 aliphatic carbocycles. The first-order valence-electron chi connectivity index (χ1n) is 11.7. The number of carbonyl (C=O) groups excluding carboxylic acids is 2. The van der Waals surface area contributed by atoms with Gasteiger partial charge in [-0.1, -0.05) is 12.2 Å². The second-order valence-electron chi connectivity index (χ2n) is 9.66. The number of guanidine groups is 1. The van der Waals surface area contributed by atoms with Crippen LogP contribution in [0.3, 0.4) is 0 Å². The van der Waals surface area contributed by atoms with E-state index in [2.05, 4.69) is 46.5 Å². The van der Waals surface area contributed by atoms with Crippen molar-refractivity contribution in [3.8, 4) is 0 Å². The number of likely N-dealkylation sites (tertiary alicyclic amines) is 2. The van der Waals surface area contributed by atoms with Gasteiger partial charge < -0.3 is 15.5 Å². The van der Waals surface area contributed by atoms with E-state index in [4.69, 9.17) is 0 Å². The monoisotopic (exact) mass is 415 g/mol. The van der Waals surface area contributed by atoms with Crippen LogP contribution in [0.4, 0.5) is 0 Å². The predicted molar refractivity (Wildman–Crippen MR) is 118 cm³/mol. The van der Waals surface area contributed by atoms with Gasteiger partial charge >= 0.3 is 0 Å². The number of piperidine rings is 1. The molecule has 2 saturated heterocycles. The Kier molecular flexibility index (Phi) is 6.46. The Morgan fingerprint density at radius 2 is 1.87 bits per heavy atom. The number of hydrogen-bond acceptors (Lipinski definition) is 4. The van der Waals surface area contributed by atoms with Crippen molar-refractivity contribution >= 4 is 17.8 Å². The van der Waals surface area contributed by atoms with E-state index in [1.165, 1.54) is 24.3 Å². The van der Waals surface area contributed by atoms with Gasteiger partial charge in [-0.3, -0.25) is 19.5 Å². The first kappa shape index (κ1) is 21.3. The van der Waals surface area contributed by atoms with Gasteiger partial charge in [0.05, 0.1) is 11.8 Å². The molecule has 4 aliphatic rings. The minimum absolute atomic E-state index is 0.0522. The summed E-state index contributed by atoms with van der Waals surface area (Å²) in [5.74, 6) is 1.94. The van der Waals surface area contributed by atoms with Crippen molar-refractivity contribution in [2.24, 2.45) is 34.6 Å². The highest BCUT2D eigenvalue weighted by Crippen LogP contribution is 2.52. The molecule has 1 saturated carbocycles. The normalized spacial score (nSPS) is 33.7. The van der Waals surface area contributed by atoms with Crippen molar-refractivity contribution in [3.05, 3.63) is 12.2 Å². The molecule has 4 rings (SSSR count). The molecule has 5 atom stereocenters. The molecule has 0 radical (unpaired) electrons. The maximum Gasteiger partial charge on any atom is 0.233 e. The van der Waals surface area contributed by atoms with Crippen molar-refractivity contribution in [2.75, 3.05) is 39.8 Å². The van der Waals surface area contributed by atoms with E-state index in [0.717, 1.165) is 31.9 Å². The lowest BCUT2D eigenvalue weighted by Gasteiger charge is -2.35. The first-order valence-corrected chi connectivity index (χ1v) is 11.7. The van der Waals surface area contributed by atoms with E-state index >= 15 is 0 Å². The number of aliphatic imine (C=N–C) groups is 1.